The number of hydrogen-bond donors (Lipinski definition) is 2. The van der Waals surface area contributed by atoms with Gasteiger partial charge in [-0.3, -0.25) is 0 Å². The van der Waals surface area contributed by atoms with Gasteiger partial charge < -0.3 is 10.4 Å². The van der Waals surface area contributed by atoms with Gasteiger partial charge in [-0.15, -0.1) is 12.4 Å². The lowest BCUT2D eigenvalue weighted by molar-refractivity contribution is 0.477. The Morgan fingerprint density at radius 3 is 2.70 bits per heavy atom. The summed E-state index contributed by atoms with van der Waals surface area (Å²) in [5.74, 6) is 0.889. The van der Waals surface area contributed by atoms with E-state index in [0.29, 0.717) is 11.5 Å². The second-order valence-electron chi connectivity index (χ2n) is 4.39. The summed E-state index contributed by atoms with van der Waals surface area (Å²) in [7, 11) is 0. The van der Waals surface area contributed by atoms with Gasteiger partial charge in [0.05, 0.1) is 11.2 Å². The zero-order valence-corrected chi connectivity index (χ0v) is 11.7. The van der Waals surface area contributed by atoms with Gasteiger partial charge in [0, 0.05) is 5.39 Å². The van der Waals surface area contributed by atoms with Crippen LogP contribution in [-0.2, 0) is 0 Å². The summed E-state index contributed by atoms with van der Waals surface area (Å²) < 4.78 is 0. The van der Waals surface area contributed by atoms with E-state index in [4.69, 9.17) is 0 Å². The van der Waals surface area contributed by atoms with Crippen molar-refractivity contribution in [3.05, 3.63) is 54.4 Å². The molecule has 0 unspecified atom stereocenters. The van der Waals surface area contributed by atoms with Crippen LogP contribution in [0.2, 0.25) is 0 Å². The minimum atomic E-state index is 0. The van der Waals surface area contributed by atoms with Crippen LogP contribution >= 0.6 is 12.4 Å². The third kappa shape index (κ3) is 2.65. The first-order chi connectivity index (χ1) is 9.24. The topological polar surface area (TPSA) is 58.0 Å². The molecule has 0 aliphatic rings. The van der Waals surface area contributed by atoms with E-state index >= 15 is 0 Å². The second-order valence-corrected chi connectivity index (χ2v) is 4.39. The summed E-state index contributed by atoms with van der Waals surface area (Å²) >= 11 is 0. The normalized spacial score (nSPS) is 10.1. The van der Waals surface area contributed by atoms with E-state index in [0.717, 1.165) is 16.5 Å². The molecular formula is C15H14ClN3O. The summed E-state index contributed by atoms with van der Waals surface area (Å²) in [6.45, 7) is 1.97. The molecule has 0 radical (unpaired) electrons. The van der Waals surface area contributed by atoms with Gasteiger partial charge in [-0.1, -0.05) is 18.2 Å². The first kappa shape index (κ1) is 14.1. The molecule has 0 bridgehead atoms. The van der Waals surface area contributed by atoms with Crippen molar-refractivity contribution in [2.24, 2.45) is 0 Å². The molecule has 2 aromatic carbocycles. The summed E-state index contributed by atoms with van der Waals surface area (Å²) in [4.78, 5) is 8.45. The number of anilines is 2. The molecule has 0 saturated carbocycles. The molecule has 1 heterocycles. The number of para-hydroxylation sites is 1. The number of nitrogens with one attached hydrogen (secondary N) is 1. The molecule has 3 rings (SSSR count). The van der Waals surface area contributed by atoms with E-state index in [1.165, 1.54) is 6.33 Å². The van der Waals surface area contributed by atoms with Crippen LogP contribution in [-0.4, -0.2) is 15.1 Å². The number of phenols is 1. The number of aromatic nitrogens is 2. The van der Waals surface area contributed by atoms with E-state index in [1.807, 2.05) is 43.3 Å². The molecule has 4 nitrogen and oxygen atoms in total. The second kappa shape index (κ2) is 5.75. The maximum Gasteiger partial charge on any atom is 0.141 e. The van der Waals surface area contributed by atoms with E-state index < -0.39 is 0 Å². The van der Waals surface area contributed by atoms with Gasteiger partial charge >= 0.3 is 0 Å². The van der Waals surface area contributed by atoms with Gasteiger partial charge in [0.1, 0.15) is 17.9 Å². The Bertz CT molecular complexity index is 741. The zero-order chi connectivity index (χ0) is 13.2. The predicted octanol–water partition coefficient (Wildman–Crippen LogP) is 3.81. The van der Waals surface area contributed by atoms with Crippen molar-refractivity contribution >= 4 is 34.8 Å². The number of nitrogens with zero attached hydrogens (tertiary/aromatic N) is 2. The van der Waals surface area contributed by atoms with E-state index in [1.54, 1.807) is 6.07 Å². The van der Waals surface area contributed by atoms with E-state index in [9.17, 15) is 5.11 Å². The number of fused-ring (bicyclic) bond motifs is 1. The third-order valence-electron chi connectivity index (χ3n) is 2.95. The number of rotatable bonds is 2. The molecule has 2 N–H and O–H groups in total. The standard InChI is InChI=1S/C15H13N3O.ClH/c1-10-6-7-14(19)13(8-10)18-15-11-4-2-3-5-12(11)16-9-17-15;/h2-9,19H,1H3,(H,16,17,18);1H. The number of benzene rings is 2. The van der Waals surface area contributed by atoms with Crippen molar-refractivity contribution in [2.45, 2.75) is 6.92 Å². The molecule has 0 spiro atoms. The SMILES string of the molecule is Cc1ccc(O)c(Nc2ncnc3ccccc23)c1.Cl. The summed E-state index contributed by atoms with van der Waals surface area (Å²) in [6.07, 6.45) is 1.51. The summed E-state index contributed by atoms with van der Waals surface area (Å²) in [5.41, 5.74) is 2.58. The Labute approximate surface area is 122 Å². The first-order valence-electron chi connectivity index (χ1n) is 6.00. The average Bonchev–Trinajstić information content (AvgIpc) is 2.43. The molecule has 102 valence electrons. The lowest BCUT2D eigenvalue weighted by Gasteiger charge is -2.10. The average molecular weight is 288 g/mol. The maximum absolute atomic E-state index is 9.86. The highest BCUT2D eigenvalue weighted by atomic mass is 35.5. The van der Waals surface area contributed by atoms with Gasteiger partial charge in [0.15, 0.2) is 0 Å². The number of aryl methyl sites for hydroxylation is 1. The summed E-state index contributed by atoms with van der Waals surface area (Å²) in [6, 6.07) is 13.2. The minimum absolute atomic E-state index is 0. The van der Waals surface area contributed by atoms with Crippen molar-refractivity contribution in [1.82, 2.24) is 9.97 Å². The molecule has 5 heteroatoms. The van der Waals surface area contributed by atoms with Gasteiger partial charge in [0.25, 0.3) is 0 Å². The molecule has 3 aromatic rings. The number of aromatic hydroxyl groups is 1. The lowest BCUT2D eigenvalue weighted by atomic mass is 10.2. The van der Waals surface area contributed by atoms with Crippen LogP contribution in [0.1, 0.15) is 5.56 Å². The monoisotopic (exact) mass is 287 g/mol. The fourth-order valence-corrected chi connectivity index (χ4v) is 1.98. The van der Waals surface area contributed by atoms with Crippen LogP contribution in [0.5, 0.6) is 5.75 Å². The van der Waals surface area contributed by atoms with Crippen LogP contribution in [0.3, 0.4) is 0 Å². The van der Waals surface area contributed by atoms with Crippen LogP contribution in [0, 0.1) is 6.92 Å². The fraction of sp³-hybridized carbons (Fsp3) is 0.0667. The molecule has 0 atom stereocenters. The first-order valence-corrected chi connectivity index (χ1v) is 6.00. The smallest absolute Gasteiger partial charge is 0.141 e. The van der Waals surface area contributed by atoms with Crippen molar-refractivity contribution in [1.29, 1.82) is 0 Å². The Morgan fingerprint density at radius 2 is 1.85 bits per heavy atom. The highest BCUT2D eigenvalue weighted by Gasteiger charge is 2.06. The van der Waals surface area contributed by atoms with Crippen molar-refractivity contribution in [2.75, 3.05) is 5.32 Å². The van der Waals surface area contributed by atoms with Crippen molar-refractivity contribution in [3.8, 4) is 5.75 Å². The number of phenolic OH excluding ortho intramolecular Hbond substituents is 1. The van der Waals surface area contributed by atoms with Gasteiger partial charge in [0.2, 0.25) is 0 Å². The van der Waals surface area contributed by atoms with Crippen molar-refractivity contribution < 1.29 is 5.11 Å². The van der Waals surface area contributed by atoms with Crippen LogP contribution in [0.25, 0.3) is 10.9 Å². The Balaban J connectivity index is 0.00000147. The van der Waals surface area contributed by atoms with Gasteiger partial charge in [-0.2, -0.15) is 0 Å². The Morgan fingerprint density at radius 1 is 1.05 bits per heavy atom. The van der Waals surface area contributed by atoms with Gasteiger partial charge in [-0.25, -0.2) is 9.97 Å². The van der Waals surface area contributed by atoms with E-state index in [-0.39, 0.29) is 18.2 Å². The summed E-state index contributed by atoms with van der Waals surface area (Å²) in [5, 5.41) is 13.9. The quantitative estimate of drug-likeness (QED) is 0.704. The zero-order valence-electron chi connectivity index (χ0n) is 10.9. The maximum atomic E-state index is 9.86. The highest BCUT2D eigenvalue weighted by Crippen LogP contribution is 2.29. The molecule has 0 aliphatic carbocycles. The third-order valence-corrected chi connectivity index (χ3v) is 2.95. The molecule has 0 fully saturated rings. The van der Waals surface area contributed by atoms with E-state index in [2.05, 4.69) is 15.3 Å². The van der Waals surface area contributed by atoms with Crippen LogP contribution in [0.4, 0.5) is 11.5 Å². The Hall–Kier alpha value is -2.33. The van der Waals surface area contributed by atoms with Crippen LogP contribution in [0.15, 0.2) is 48.8 Å². The predicted molar refractivity (Wildman–Crippen MR) is 82.9 cm³/mol. The lowest BCUT2D eigenvalue weighted by Crippen LogP contribution is -1.96. The Kier molecular flexibility index (Phi) is 4.05. The highest BCUT2D eigenvalue weighted by molar-refractivity contribution is 5.90. The largest absolute Gasteiger partial charge is 0.506 e. The molecule has 1 aromatic heterocycles. The number of halogens is 1. The van der Waals surface area contributed by atoms with Crippen molar-refractivity contribution in [3.63, 3.8) is 0 Å². The molecule has 0 aliphatic heterocycles. The molecule has 20 heavy (non-hydrogen) atoms. The molecule has 0 amide bonds. The van der Waals surface area contributed by atoms with Gasteiger partial charge in [-0.05, 0) is 36.8 Å². The molecular weight excluding hydrogens is 274 g/mol. The fourth-order valence-electron chi connectivity index (χ4n) is 1.98. The number of hydrogen-bond acceptors (Lipinski definition) is 4. The van der Waals surface area contributed by atoms with Crippen LogP contribution < -0.4 is 5.32 Å². The minimum Gasteiger partial charge on any atom is -0.506 e. The molecule has 0 saturated heterocycles.